The Kier molecular flexibility index (Phi) is 4.91. The number of anilines is 3. The van der Waals surface area contributed by atoms with Gasteiger partial charge in [0.05, 0.1) is 42.1 Å². The Bertz CT molecular complexity index is 1290. The maximum absolute atomic E-state index is 14.3. The molecule has 0 saturated carbocycles. The van der Waals surface area contributed by atoms with E-state index in [4.69, 9.17) is 4.74 Å². The van der Waals surface area contributed by atoms with Crippen molar-refractivity contribution in [3.63, 3.8) is 0 Å². The number of nitrogens with zero attached hydrogens (tertiary/aromatic N) is 3. The summed E-state index contributed by atoms with van der Waals surface area (Å²) in [7, 11) is 0. The molecule has 168 valence electrons. The predicted octanol–water partition coefficient (Wildman–Crippen LogP) is 4.31. The molecular weight excluding hydrogens is 428 g/mol. The first-order valence-electron chi connectivity index (χ1n) is 10.5. The molecule has 9 heteroatoms. The third-order valence-electron chi connectivity index (χ3n) is 6.17. The number of hydrogen-bond acceptors (Lipinski definition) is 7. The summed E-state index contributed by atoms with van der Waals surface area (Å²) < 4.78 is 33.9. The number of nitrogens with one attached hydrogen (secondary N) is 2. The molecule has 0 aliphatic carbocycles. The molecule has 0 amide bonds. The summed E-state index contributed by atoms with van der Waals surface area (Å²) in [5.74, 6) is -2.55. The second-order valence-electron chi connectivity index (χ2n) is 8.53. The van der Waals surface area contributed by atoms with Crippen LogP contribution in [0.3, 0.4) is 0 Å². The van der Waals surface area contributed by atoms with Gasteiger partial charge in [0, 0.05) is 29.4 Å². The molecule has 7 nitrogen and oxygen atoms in total. The second-order valence-corrected chi connectivity index (χ2v) is 8.53. The van der Waals surface area contributed by atoms with Crippen molar-refractivity contribution in [2.45, 2.75) is 24.7 Å². The summed E-state index contributed by atoms with van der Waals surface area (Å²) in [4.78, 5) is 8.74. The van der Waals surface area contributed by atoms with E-state index in [1.54, 1.807) is 24.4 Å². The average Bonchev–Trinajstić information content (AvgIpc) is 3.16. The molecular formula is C24H21F2N5O2. The number of nitriles is 1. The Hall–Kier alpha value is -3.77. The van der Waals surface area contributed by atoms with E-state index in [-0.39, 0.29) is 36.9 Å². The number of alkyl halides is 2. The Morgan fingerprint density at radius 1 is 1.24 bits per heavy atom. The van der Waals surface area contributed by atoms with Crippen molar-refractivity contribution in [3.8, 4) is 23.1 Å². The Morgan fingerprint density at radius 3 is 2.88 bits per heavy atom. The van der Waals surface area contributed by atoms with Crippen LogP contribution in [-0.2, 0) is 11.3 Å². The number of rotatable bonds is 4. The number of aromatic nitrogens is 2. The number of fused-ring (bicyclic) bond motifs is 2. The van der Waals surface area contributed by atoms with Gasteiger partial charge in [0.2, 0.25) is 5.95 Å². The Labute approximate surface area is 189 Å². The van der Waals surface area contributed by atoms with Gasteiger partial charge in [-0.15, -0.1) is 0 Å². The minimum Gasteiger partial charge on any atom is -0.493 e. The van der Waals surface area contributed by atoms with Gasteiger partial charge in [0.15, 0.2) is 0 Å². The minimum atomic E-state index is -2.96. The van der Waals surface area contributed by atoms with Gasteiger partial charge in [0.25, 0.3) is 5.92 Å². The summed E-state index contributed by atoms with van der Waals surface area (Å²) >= 11 is 0. The first kappa shape index (κ1) is 21.1. The molecule has 3 aromatic rings. The molecule has 3 heterocycles. The second kappa shape index (κ2) is 7.67. The highest BCUT2D eigenvalue weighted by Crippen LogP contribution is 2.43. The molecule has 1 unspecified atom stereocenters. The third kappa shape index (κ3) is 3.62. The lowest BCUT2D eigenvalue weighted by Gasteiger charge is -2.26. The fourth-order valence-electron chi connectivity index (χ4n) is 4.22. The molecule has 0 spiro atoms. The van der Waals surface area contributed by atoms with Gasteiger partial charge in [-0.1, -0.05) is 6.92 Å². The van der Waals surface area contributed by atoms with E-state index < -0.39 is 11.3 Å². The number of ether oxygens (including phenoxy) is 1. The van der Waals surface area contributed by atoms with E-state index in [0.717, 1.165) is 11.3 Å². The molecule has 2 aliphatic rings. The van der Waals surface area contributed by atoms with Crippen LogP contribution >= 0.6 is 0 Å². The summed E-state index contributed by atoms with van der Waals surface area (Å²) in [6, 6.07) is 12.1. The largest absolute Gasteiger partial charge is 0.493 e. The van der Waals surface area contributed by atoms with Gasteiger partial charge in [-0.05, 0) is 42.0 Å². The lowest BCUT2D eigenvalue weighted by atomic mass is 9.83. The van der Waals surface area contributed by atoms with E-state index in [0.29, 0.717) is 29.1 Å². The van der Waals surface area contributed by atoms with Gasteiger partial charge in [0.1, 0.15) is 11.8 Å². The van der Waals surface area contributed by atoms with Crippen LogP contribution in [0.2, 0.25) is 0 Å². The number of aliphatic hydroxyl groups excluding tert-OH is 1. The van der Waals surface area contributed by atoms with Crippen molar-refractivity contribution in [1.82, 2.24) is 9.97 Å². The first-order valence-corrected chi connectivity index (χ1v) is 10.5. The van der Waals surface area contributed by atoms with Crippen molar-refractivity contribution in [1.29, 1.82) is 5.26 Å². The van der Waals surface area contributed by atoms with Crippen LogP contribution < -0.4 is 15.4 Å². The van der Waals surface area contributed by atoms with Crippen LogP contribution in [0.25, 0.3) is 11.3 Å². The highest BCUT2D eigenvalue weighted by Gasteiger charge is 2.38. The standard InChI is InChI=1S/C24H21F2N5O2/c1-23(13-32)12-29-21-15(11-27)8-14(9-18(21)23)19-4-6-28-22(31-19)30-16-2-3-20-17(10-16)24(25,26)5-7-33-20/h2-4,6,8-10,29,32H,5,7,12-13H2,1H3,(H,28,30,31). The lowest BCUT2D eigenvalue weighted by Crippen LogP contribution is -2.28. The molecule has 3 N–H and O–H groups in total. The number of aliphatic hydroxyl groups is 1. The zero-order valence-corrected chi connectivity index (χ0v) is 17.8. The van der Waals surface area contributed by atoms with Gasteiger partial charge in [-0.25, -0.2) is 18.7 Å². The monoisotopic (exact) mass is 449 g/mol. The average molecular weight is 449 g/mol. The fraction of sp³-hybridized carbons (Fsp3) is 0.292. The predicted molar refractivity (Wildman–Crippen MR) is 119 cm³/mol. The molecule has 5 rings (SSSR count). The van der Waals surface area contributed by atoms with Crippen LogP contribution in [0.1, 0.15) is 30.0 Å². The van der Waals surface area contributed by atoms with Crippen molar-refractivity contribution < 1.29 is 18.6 Å². The highest BCUT2D eigenvalue weighted by atomic mass is 19.3. The molecule has 0 radical (unpaired) electrons. The summed E-state index contributed by atoms with van der Waals surface area (Å²) in [5, 5.41) is 25.7. The van der Waals surface area contributed by atoms with Crippen LogP contribution in [0.5, 0.6) is 5.75 Å². The Balaban J connectivity index is 1.49. The van der Waals surface area contributed by atoms with E-state index in [1.165, 1.54) is 12.1 Å². The zero-order chi connectivity index (χ0) is 23.2. The normalized spacial score (nSPS) is 20.1. The number of benzene rings is 2. The van der Waals surface area contributed by atoms with Crippen molar-refractivity contribution >= 4 is 17.3 Å². The Morgan fingerprint density at radius 2 is 2.09 bits per heavy atom. The van der Waals surface area contributed by atoms with Crippen molar-refractivity contribution in [2.24, 2.45) is 0 Å². The minimum absolute atomic E-state index is 0.0196. The number of hydrogen-bond donors (Lipinski definition) is 3. The van der Waals surface area contributed by atoms with Gasteiger partial charge in [-0.3, -0.25) is 0 Å². The molecule has 33 heavy (non-hydrogen) atoms. The smallest absolute Gasteiger partial charge is 0.280 e. The summed E-state index contributed by atoms with van der Waals surface area (Å²) in [5.41, 5.74) is 3.04. The SMILES string of the molecule is CC1(CO)CNc2c(C#N)cc(-c3ccnc(Nc4ccc5c(c4)C(F)(F)CCO5)n3)cc21. The van der Waals surface area contributed by atoms with E-state index in [2.05, 4.69) is 26.7 Å². The van der Waals surface area contributed by atoms with Crippen LogP contribution in [0.15, 0.2) is 42.6 Å². The first-order chi connectivity index (χ1) is 15.8. The number of halogens is 2. The summed E-state index contributed by atoms with van der Waals surface area (Å²) in [6.07, 6.45) is 1.19. The van der Waals surface area contributed by atoms with Crippen LogP contribution in [-0.4, -0.2) is 34.8 Å². The molecule has 0 fully saturated rings. The highest BCUT2D eigenvalue weighted by molar-refractivity contribution is 5.76. The third-order valence-corrected chi connectivity index (χ3v) is 6.17. The fourth-order valence-corrected chi connectivity index (χ4v) is 4.22. The molecule has 1 aromatic heterocycles. The van der Waals surface area contributed by atoms with Crippen LogP contribution in [0.4, 0.5) is 26.1 Å². The van der Waals surface area contributed by atoms with E-state index in [1.807, 2.05) is 13.0 Å². The molecule has 2 aliphatic heterocycles. The van der Waals surface area contributed by atoms with Gasteiger partial charge >= 0.3 is 0 Å². The van der Waals surface area contributed by atoms with Crippen molar-refractivity contribution in [3.05, 3.63) is 59.3 Å². The quantitative estimate of drug-likeness (QED) is 0.545. The maximum Gasteiger partial charge on any atom is 0.280 e. The molecule has 2 aromatic carbocycles. The summed E-state index contributed by atoms with van der Waals surface area (Å²) in [6.45, 7) is 2.37. The maximum atomic E-state index is 14.3. The van der Waals surface area contributed by atoms with Crippen LogP contribution in [0, 0.1) is 11.3 Å². The zero-order valence-electron chi connectivity index (χ0n) is 17.8. The van der Waals surface area contributed by atoms with Gasteiger partial charge in [-0.2, -0.15) is 5.26 Å². The molecule has 0 saturated heterocycles. The molecule has 0 bridgehead atoms. The topological polar surface area (TPSA) is 103 Å². The molecule has 1 atom stereocenters. The van der Waals surface area contributed by atoms with Gasteiger partial charge < -0.3 is 20.5 Å². The van der Waals surface area contributed by atoms with Crippen molar-refractivity contribution in [2.75, 3.05) is 30.4 Å². The van der Waals surface area contributed by atoms with E-state index >= 15 is 0 Å². The van der Waals surface area contributed by atoms with E-state index in [9.17, 15) is 19.1 Å². The lowest BCUT2D eigenvalue weighted by molar-refractivity contribution is -0.0404.